The normalized spacial score (nSPS) is 18.9. The SMILES string of the molecule is [C-]#[N+]c1c(N)[nH]c(=S)c(C#N)c1C1CCCCO1. The molecule has 18 heavy (non-hydrogen) atoms. The van der Waals surface area contributed by atoms with Gasteiger partial charge < -0.3 is 15.5 Å². The molecule has 5 nitrogen and oxygen atoms in total. The summed E-state index contributed by atoms with van der Waals surface area (Å²) < 4.78 is 5.92. The quantitative estimate of drug-likeness (QED) is 0.601. The molecule has 92 valence electrons. The predicted molar refractivity (Wildman–Crippen MR) is 69.6 cm³/mol. The molecule has 2 heterocycles. The molecule has 6 heteroatoms. The number of H-pyrrole nitrogens is 1. The van der Waals surface area contributed by atoms with Crippen molar-refractivity contribution >= 4 is 23.7 Å². The first-order chi connectivity index (χ1) is 8.69. The fourth-order valence-corrected chi connectivity index (χ4v) is 2.41. The number of nitrogen functional groups attached to an aromatic ring is 1. The number of ether oxygens (including phenoxy) is 1. The van der Waals surface area contributed by atoms with Gasteiger partial charge >= 0.3 is 0 Å². The largest absolute Gasteiger partial charge is 0.394 e. The van der Waals surface area contributed by atoms with Gasteiger partial charge in [-0.3, -0.25) is 0 Å². The van der Waals surface area contributed by atoms with Crippen molar-refractivity contribution in [3.8, 4) is 6.07 Å². The second-order valence-electron chi connectivity index (χ2n) is 4.08. The maximum Gasteiger partial charge on any atom is 0.232 e. The molecule has 0 saturated carbocycles. The fraction of sp³-hybridized carbons (Fsp3) is 0.417. The zero-order valence-electron chi connectivity index (χ0n) is 9.69. The number of rotatable bonds is 1. The molecule has 1 aromatic rings. The lowest BCUT2D eigenvalue weighted by molar-refractivity contribution is 0.0153. The van der Waals surface area contributed by atoms with Crippen molar-refractivity contribution in [3.05, 3.63) is 27.2 Å². The Bertz CT molecular complexity index is 602. The number of pyridine rings is 1. The lowest BCUT2D eigenvalue weighted by atomic mass is 9.97. The fourth-order valence-electron chi connectivity index (χ4n) is 2.14. The van der Waals surface area contributed by atoms with Crippen LogP contribution >= 0.6 is 12.2 Å². The van der Waals surface area contributed by atoms with Crippen LogP contribution in [0.25, 0.3) is 4.85 Å². The van der Waals surface area contributed by atoms with Gasteiger partial charge in [0.25, 0.3) is 0 Å². The van der Waals surface area contributed by atoms with E-state index in [1.165, 1.54) is 0 Å². The third-order valence-electron chi connectivity index (χ3n) is 2.98. The van der Waals surface area contributed by atoms with Crippen LogP contribution in [-0.4, -0.2) is 11.6 Å². The minimum atomic E-state index is -0.254. The summed E-state index contributed by atoms with van der Waals surface area (Å²) in [6, 6.07) is 2.05. The van der Waals surface area contributed by atoms with Gasteiger partial charge in [-0.1, -0.05) is 12.2 Å². The Morgan fingerprint density at radius 2 is 2.33 bits per heavy atom. The number of aromatic nitrogens is 1. The molecule has 0 amide bonds. The molecule has 0 bridgehead atoms. The second-order valence-corrected chi connectivity index (χ2v) is 4.49. The third-order valence-corrected chi connectivity index (χ3v) is 3.29. The van der Waals surface area contributed by atoms with Crippen molar-refractivity contribution in [2.75, 3.05) is 12.3 Å². The summed E-state index contributed by atoms with van der Waals surface area (Å²) in [5.74, 6) is 0.207. The van der Waals surface area contributed by atoms with Crippen LogP contribution in [-0.2, 0) is 4.74 Å². The van der Waals surface area contributed by atoms with Crippen molar-refractivity contribution < 1.29 is 4.74 Å². The highest BCUT2D eigenvalue weighted by Gasteiger charge is 2.25. The van der Waals surface area contributed by atoms with E-state index in [-0.39, 0.29) is 22.2 Å². The highest BCUT2D eigenvalue weighted by Crippen LogP contribution is 2.39. The highest BCUT2D eigenvalue weighted by atomic mass is 32.1. The van der Waals surface area contributed by atoms with E-state index in [4.69, 9.17) is 29.3 Å². The first-order valence-electron chi connectivity index (χ1n) is 5.63. The molecule has 0 aliphatic carbocycles. The van der Waals surface area contributed by atoms with Crippen LogP contribution in [0.2, 0.25) is 0 Å². The van der Waals surface area contributed by atoms with Gasteiger partial charge in [0.05, 0.1) is 18.2 Å². The Labute approximate surface area is 110 Å². The molecule has 1 atom stereocenters. The highest BCUT2D eigenvalue weighted by molar-refractivity contribution is 7.71. The predicted octanol–water partition coefficient (Wildman–Crippen LogP) is 2.99. The lowest BCUT2D eigenvalue weighted by Gasteiger charge is -2.25. The summed E-state index contributed by atoms with van der Waals surface area (Å²) >= 11 is 5.09. The average Bonchev–Trinajstić information content (AvgIpc) is 2.39. The zero-order chi connectivity index (χ0) is 13.1. The second kappa shape index (κ2) is 5.18. The molecule has 1 unspecified atom stereocenters. The van der Waals surface area contributed by atoms with E-state index >= 15 is 0 Å². The maximum absolute atomic E-state index is 9.20. The van der Waals surface area contributed by atoms with Gasteiger partial charge in [-0.25, -0.2) is 4.85 Å². The monoisotopic (exact) mass is 260 g/mol. The van der Waals surface area contributed by atoms with Crippen LogP contribution in [0.5, 0.6) is 0 Å². The van der Waals surface area contributed by atoms with Crippen molar-refractivity contribution in [1.82, 2.24) is 4.98 Å². The summed E-state index contributed by atoms with van der Waals surface area (Å²) in [6.07, 6.45) is 2.55. The summed E-state index contributed by atoms with van der Waals surface area (Å²) in [7, 11) is 0. The summed E-state index contributed by atoms with van der Waals surface area (Å²) in [5, 5.41) is 9.20. The molecular formula is C12H12N4OS. The number of nitriles is 1. The zero-order valence-corrected chi connectivity index (χ0v) is 10.5. The van der Waals surface area contributed by atoms with Crippen LogP contribution in [0.4, 0.5) is 11.5 Å². The molecule has 0 spiro atoms. The molecule has 0 aromatic carbocycles. The summed E-state index contributed by atoms with van der Waals surface area (Å²) in [6.45, 7) is 7.85. The van der Waals surface area contributed by atoms with Crippen molar-refractivity contribution in [3.63, 3.8) is 0 Å². The van der Waals surface area contributed by atoms with Crippen molar-refractivity contribution in [1.29, 1.82) is 5.26 Å². The molecule has 0 radical (unpaired) electrons. The average molecular weight is 260 g/mol. The van der Waals surface area contributed by atoms with E-state index in [0.717, 1.165) is 19.3 Å². The maximum atomic E-state index is 9.20. The van der Waals surface area contributed by atoms with Crippen LogP contribution < -0.4 is 5.73 Å². The Hall–Kier alpha value is -1.89. The molecule has 1 aliphatic heterocycles. The molecule has 1 aliphatic rings. The molecule has 1 saturated heterocycles. The number of aromatic amines is 1. The number of nitrogens with two attached hydrogens (primary N) is 1. The van der Waals surface area contributed by atoms with Gasteiger partial charge in [-0.15, -0.1) is 0 Å². The first-order valence-corrected chi connectivity index (χ1v) is 6.04. The van der Waals surface area contributed by atoms with E-state index in [0.29, 0.717) is 17.7 Å². The third kappa shape index (κ3) is 2.08. The summed E-state index contributed by atoms with van der Waals surface area (Å²) in [5.41, 5.74) is 6.87. The smallest absolute Gasteiger partial charge is 0.232 e. The Morgan fingerprint density at radius 3 is 2.89 bits per heavy atom. The van der Waals surface area contributed by atoms with Crippen LogP contribution in [0.3, 0.4) is 0 Å². The van der Waals surface area contributed by atoms with E-state index in [9.17, 15) is 5.26 Å². The Morgan fingerprint density at radius 1 is 1.56 bits per heavy atom. The number of hydrogen-bond acceptors (Lipinski definition) is 4. The van der Waals surface area contributed by atoms with Gasteiger partial charge in [0, 0.05) is 12.2 Å². The topological polar surface area (TPSA) is 79.2 Å². The molecule has 2 rings (SSSR count). The molecule has 1 fully saturated rings. The van der Waals surface area contributed by atoms with Crippen LogP contribution in [0.15, 0.2) is 0 Å². The number of nitrogens with zero attached hydrogens (tertiary/aromatic N) is 2. The van der Waals surface area contributed by atoms with Gasteiger partial charge in [-0.2, -0.15) is 5.26 Å². The van der Waals surface area contributed by atoms with E-state index < -0.39 is 0 Å². The Balaban J connectivity index is 2.66. The van der Waals surface area contributed by atoms with Crippen molar-refractivity contribution in [2.24, 2.45) is 0 Å². The van der Waals surface area contributed by atoms with Gasteiger partial charge in [0.2, 0.25) is 5.69 Å². The molecule has 3 N–H and O–H groups in total. The number of nitrogens with one attached hydrogen (secondary N) is 1. The number of anilines is 1. The van der Waals surface area contributed by atoms with Crippen LogP contribution in [0.1, 0.15) is 36.5 Å². The minimum absolute atomic E-state index is 0.207. The summed E-state index contributed by atoms with van der Waals surface area (Å²) in [4.78, 5) is 6.10. The molecule has 1 aromatic heterocycles. The molecular weight excluding hydrogens is 248 g/mol. The lowest BCUT2D eigenvalue weighted by Crippen LogP contribution is -2.14. The van der Waals surface area contributed by atoms with Gasteiger partial charge in [0.15, 0.2) is 0 Å². The van der Waals surface area contributed by atoms with Crippen LogP contribution in [0, 0.1) is 22.5 Å². The first kappa shape index (κ1) is 12.6. The van der Waals surface area contributed by atoms with E-state index in [2.05, 4.69) is 9.83 Å². The standard InChI is InChI=1S/C12H12N4OS/c1-15-10-9(8-4-2-3-5-17-8)7(6-13)12(18)16-11(10)14/h8H,2-5H2,(H3,14,16,18). The minimum Gasteiger partial charge on any atom is -0.394 e. The van der Waals surface area contributed by atoms with Gasteiger partial charge in [0.1, 0.15) is 16.5 Å². The van der Waals surface area contributed by atoms with E-state index in [1.54, 1.807) is 0 Å². The van der Waals surface area contributed by atoms with Gasteiger partial charge in [-0.05, 0) is 19.3 Å². The van der Waals surface area contributed by atoms with E-state index in [1.807, 2.05) is 6.07 Å². The van der Waals surface area contributed by atoms with Crippen molar-refractivity contribution in [2.45, 2.75) is 25.4 Å². The Kier molecular flexibility index (Phi) is 3.61. The number of hydrogen-bond donors (Lipinski definition) is 2.